The molecule has 1 atom stereocenters. The molecule has 2 aromatic rings. The fourth-order valence-electron chi connectivity index (χ4n) is 3.35. The lowest BCUT2D eigenvalue weighted by atomic mass is 10.0. The van der Waals surface area contributed by atoms with Crippen molar-refractivity contribution in [1.29, 1.82) is 0 Å². The van der Waals surface area contributed by atoms with E-state index in [0.29, 0.717) is 17.1 Å². The van der Waals surface area contributed by atoms with Crippen LogP contribution >= 0.6 is 0 Å². The van der Waals surface area contributed by atoms with Gasteiger partial charge >= 0.3 is 5.97 Å². The predicted octanol–water partition coefficient (Wildman–Crippen LogP) is 0.137. The van der Waals surface area contributed by atoms with Crippen LogP contribution in [-0.2, 0) is 14.3 Å². The number of rotatable bonds is 7. The van der Waals surface area contributed by atoms with Gasteiger partial charge in [-0.1, -0.05) is 18.2 Å². The minimum Gasteiger partial charge on any atom is -0.474 e. The Morgan fingerprint density at radius 3 is 2.77 bits per heavy atom. The van der Waals surface area contributed by atoms with E-state index in [2.05, 4.69) is 20.5 Å². The molecule has 30 heavy (non-hydrogen) atoms. The number of aromatic nitrogens is 2. The Morgan fingerprint density at radius 1 is 1.30 bits per heavy atom. The fourth-order valence-corrected chi connectivity index (χ4v) is 3.35. The van der Waals surface area contributed by atoms with E-state index in [0.717, 1.165) is 29.0 Å². The molecule has 9 nitrogen and oxygen atoms in total. The number of hydrogen-bond acceptors (Lipinski definition) is 6. The smallest absolute Gasteiger partial charge is 0.328 e. The highest BCUT2D eigenvalue weighted by Gasteiger charge is 2.28. The molecule has 0 radical (unpaired) electrons. The van der Waals surface area contributed by atoms with E-state index in [1.165, 1.54) is 14.0 Å². The standard InChI is InChI=1S/C21H22N4O5/c1-11(26)22-18(21(28)29-2)9-14-13-5-3-4-6-16(13)23-17(14)10-15-19(27)24-25-20(15)30-12-7-8-12/h3-6,10,12,18H,7-9H2,1-2H3,(H,22,26)(H2,24,25,27). The van der Waals surface area contributed by atoms with E-state index in [1.54, 1.807) is 6.08 Å². The van der Waals surface area contributed by atoms with Gasteiger partial charge in [0.2, 0.25) is 11.8 Å². The maximum absolute atomic E-state index is 12.3. The first kappa shape index (κ1) is 19.7. The van der Waals surface area contributed by atoms with E-state index in [-0.39, 0.29) is 24.0 Å². The van der Waals surface area contributed by atoms with Gasteiger partial charge in [0.05, 0.1) is 18.2 Å². The molecule has 4 rings (SSSR count). The summed E-state index contributed by atoms with van der Waals surface area (Å²) in [5.74, 6) is -0.535. The number of H-pyrrole nitrogens is 2. The first-order valence-corrected chi connectivity index (χ1v) is 9.67. The topological polar surface area (TPSA) is 126 Å². The first-order chi connectivity index (χ1) is 14.5. The van der Waals surface area contributed by atoms with Crippen molar-refractivity contribution < 1.29 is 19.1 Å². The minimum atomic E-state index is -0.876. The van der Waals surface area contributed by atoms with Crippen LogP contribution in [0.25, 0.3) is 11.6 Å². The van der Waals surface area contributed by atoms with E-state index in [1.807, 2.05) is 24.3 Å². The van der Waals surface area contributed by atoms with Crippen molar-refractivity contribution in [2.45, 2.75) is 38.3 Å². The summed E-state index contributed by atoms with van der Waals surface area (Å²) in [7, 11) is 1.27. The highest BCUT2D eigenvalue weighted by molar-refractivity contribution is 5.86. The molecular formula is C21H22N4O5. The van der Waals surface area contributed by atoms with E-state index < -0.39 is 12.0 Å². The number of benzene rings is 1. The van der Waals surface area contributed by atoms with Crippen molar-refractivity contribution in [2.24, 2.45) is 4.99 Å². The molecule has 1 saturated carbocycles. The largest absolute Gasteiger partial charge is 0.474 e. The summed E-state index contributed by atoms with van der Waals surface area (Å²) in [6.07, 6.45) is 3.82. The number of nitrogens with zero attached hydrogens (tertiary/aromatic N) is 1. The lowest BCUT2D eigenvalue weighted by molar-refractivity contribution is -0.144. The van der Waals surface area contributed by atoms with Gasteiger partial charge in [0.15, 0.2) is 0 Å². The Kier molecular flexibility index (Phi) is 5.26. The zero-order valence-corrected chi connectivity index (χ0v) is 16.7. The molecule has 0 bridgehead atoms. The Hall–Kier alpha value is -3.62. The maximum Gasteiger partial charge on any atom is 0.328 e. The zero-order valence-electron chi connectivity index (χ0n) is 16.7. The summed E-state index contributed by atoms with van der Waals surface area (Å²) in [5.41, 5.74) is 1.27. The highest BCUT2D eigenvalue weighted by Crippen LogP contribution is 2.29. The molecule has 3 N–H and O–H groups in total. The Morgan fingerprint density at radius 2 is 2.07 bits per heavy atom. The number of nitrogens with one attached hydrogen (secondary N) is 3. The monoisotopic (exact) mass is 410 g/mol. The molecule has 156 valence electrons. The van der Waals surface area contributed by atoms with Crippen molar-refractivity contribution in [3.63, 3.8) is 0 Å². The summed E-state index contributed by atoms with van der Waals surface area (Å²) in [5, 5.41) is 9.49. The van der Waals surface area contributed by atoms with Gasteiger partial charge in [-0.2, -0.15) is 0 Å². The maximum atomic E-state index is 12.3. The predicted molar refractivity (Wildman–Crippen MR) is 108 cm³/mol. The van der Waals surface area contributed by atoms with Crippen LogP contribution in [0, 0.1) is 0 Å². The van der Waals surface area contributed by atoms with Gasteiger partial charge in [0.1, 0.15) is 17.7 Å². The molecule has 0 saturated heterocycles. The Labute approximate surface area is 171 Å². The molecular weight excluding hydrogens is 388 g/mol. The number of methoxy groups -OCH3 is 1. The number of amides is 1. The first-order valence-electron chi connectivity index (χ1n) is 9.67. The summed E-state index contributed by atoms with van der Waals surface area (Å²) in [6.45, 7) is 1.34. The molecule has 1 aliphatic carbocycles. The third kappa shape index (κ3) is 4.05. The van der Waals surface area contributed by atoms with Crippen molar-refractivity contribution in [1.82, 2.24) is 15.5 Å². The van der Waals surface area contributed by atoms with Crippen LogP contribution in [0.2, 0.25) is 0 Å². The van der Waals surface area contributed by atoms with E-state index in [4.69, 9.17) is 9.47 Å². The molecule has 2 heterocycles. The van der Waals surface area contributed by atoms with Gasteiger partial charge in [0, 0.05) is 18.6 Å². The quantitative estimate of drug-likeness (QED) is 0.560. The number of fused-ring (bicyclic) bond motifs is 1. The molecule has 1 aliphatic heterocycles. The molecule has 9 heteroatoms. The summed E-state index contributed by atoms with van der Waals surface area (Å²) < 4.78 is 10.6. The molecule has 1 aromatic carbocycles. The van der Waals surface area contributed by atoms with E-state index >= 15 is 0 Å². The SMILES string of the molecule is COC(=O)C(CC1=c2ccccc2=NC1=Cc1c(OC2CC2)[nH][nH]c1=O)NC(C)=O. The van der Waals surface area contributed by atoms with Crippen LogP contribution in [0.4, 0.5) is 0 Å². The van der Waals surface area contributed by atoms with Gasteiger partial charge in [-0.25, -0.2) is 9.79 Å². The van der Waals surface area contributed by atoms with Gasteiger partial charge < -0.3 is 14.8 Å². The molecule has 1 unspecified atom stereocenters. The van der Waals surface area contributed by atoms with Crippen LogP contribution in [0.1, 0.15) is 31.7 Å². The summed E-state index contributed by atoms with van der Waals surface area (Å²) in [6, 6.07) is 6.59. The molecule has 2 aliphatic rings. The van der Waals surface area contributed by atoms with Crippen molar-refractivity contribution in [3.8, 4) is 5.88 Å². The molecule has 1 aromatic heterocycles. The van der Waals surface area contributed by atoms with Crippen LogP contribution in [0.5, 0.6) is 5.88 Å². The number of ether oxygens (including phenoxy) is 2. The number of carbonyl (C=O) groups is 2. The summed E-state index contributed by atoms with van der Waals surface area (Å²) >= 11 is 0. The van der Waals surface area contributed by atoms with Gasteiger partial charge in [0.25, 0.3) is 5.56 Å². The third-order valence-corrected chi connectivity index (χ3v) is 4.92. The van der Waals surface area contributed by atoms with Crippen molar-refractivity contribution in [2.75, 3.05) is 7.11 Å². The second kappa shape index (κ2) is 8.02. The molecule has 1 amide bonds. The number of esters is 1. The van der Waals surface area contributed by atoms with Crippen LogP contribution < -0.4 is 26.2 Å². The average Bonchev–Trinajstić information content (AvgIpc) is 3.40. The number of hydrogen-bond donors (Lipinski definition) is 3. The lowest BCUT2D eigenvalue weighted by Gasteiger charge is -2.16. The second-order valence-corrected chi connectivity index (χ2v) is 7.26. The Bertz CT molecular complexity index is 1200. The van der Waals surface area contributed by atoms with Gasteiger partial charge in [-0.05, 0) is 30.6 Å². The Balaban J connectivity index is 1.77. The average molecular weight is 410 g/mol. The minimum absolute atomic E-state index is 0.109. The number of aromatic amines is 2. The number of allylic oxidation sites excluding steroid dienone is 1. The van der Waals surface area contributed by atoms with Gasteiger partial charge in [-0.15, -0.1) is 0 Å². The second-order valence-electron chi connectivity index (χ2n) is 7.26. The van der Waals surface area contributed by atoms with Crippen molar-refractivity contribution in [3.05, 3.63) is 56.5 Å². The number of carbonyl (C=O) groups excluding carboxylic acids is 2. The lowest BCUT2D eigenvalue weighted by Crippen LogP contribution is -2.41. The van der Waals surface area contributed by atoms with E-state index in [9.17, 15) is 14.4 Å². The molecule has 1 fully saturated rings. The molecule has 0 spiro atoms. The zero-order chi connectivity index (χ0) is 21.3. The van der Waals surface area contributed by atoms with Gasteiger partial charge in [-0.3, -0.25) is 19.8 Å². The highest BCUT2D eigenvalue weighted by atomic mass is 16.5. The van der Waals surface area contributed by atoms with Crippen LogP contribution in [-0.4, -0.2) is 41.3 Å². The fraction of sp³-hybridized carbons (Fsp3) is 0.333. The van der Waals surface area contributed by atoms with Crippen LogP contribution in [0.15, 0.2) is 39.7 Å². The third-order valence-electron chi connectivity index (χ3n) is 4.92. The summed E-state index contributed by atoms with van der Waals surface area (Å²) in [4.78, 5) is 40.8. The number of para-hydroxylation sites is 1. The normalized spacial score (nSPS) is 17.3. The van der Waals surface area contributed by atoms with Crippen molar-refractivity contribution >= 4 is 23.5 Å². The van der Waals surface area contributed by atoms with Crippen LogP contribution in [0.3, 0.4) is 0 Å².